The van der Waals surface area contributed by atoms with Crippen molar-refractivity contribution in [2.45, 2.75) is 50.5 Å². The first kappa shape index (κ1) is 23.0. The fourth-order valence-corrected chi connectivity index (χ4v) is 3.16. The average Bonchev–Trinajstić information content (AvgIpc) is 2.76. The second kappa shape index (κ2) is 10.1. The van der Waals surface area contributed by atoms with Crippen molar-refractivity contribution in [3.8, 4) is 17.2 Å². The van der Waals surface area contributed by atoms with E-state index in [4.69, 9.17) is 18.6 Å². The summed E-state index contributed by atoms with van der Waals surface area (Å²) in [6, 6.07) is 4.54. The van der Waals surface area contributed by atoms with Gasteiger partial charge in [-0.3, -0.25) is 0 Å². The van der Waals surface area contributed by atoms with Crippen molar-refractivity contribution in [3.63, 3.8) is 0 Å². The zero-order chi connectivity index (χ0) is 22.5. The molecular weight excluding hydrogens is 412 g/mol. The minimum atomic E-state index is -1.71. The SMILES string of the molecule is CCC=CCCOc1ccc2c(O[C@@H]3O[C@H](CO)[C@H](O)[C@H](O)[C@H]3O)c(O)c(=O)oc2c1. The minimum Gasteiger partial charge on any atom is -0.499 e. The predicted molar refractivity (Wildman–Crippen MR) is 108 cm³/mol. The van der Waals surface area contributed by atoms with Crippen molar-refractivity contribution in [1.29, 1.82) is 0 Å². The summed E-state index contributed by atoms with van der Waals surface area (Å²) >= 11 is 0. The molecule has 1 aromatic carbocycles. The van der Waals surface area contributed by atoms with Crippen LogP contribution in [0.5, 0.6) is 17.2 Å². The van der Waals surface area contributed by atoms with Crippen molar-refractivity contribution in [2.24, 2.45) is 0 Å². The van der Waals surface area contributed by atoms with Crippen molar-refractivity contribution in [2.75, 3.05) is 13.2 Å². The second-order valence-electron chi connectivity index (χ2n) is 7.06. The number of allylic oxidation sites excluding steroid dienone is 1. The van der Waals surface area contributed by atoms with Crippen LogP contribution >= 0.6 is 0 Å². The van der Waals surface area contributed by atoms with E-state index in [0.717, 1.165) is 6.42 Å². The Bertz CT molecular complexity index is 967. The van der Waals surface area contributed by atoms with Crippen LogP contribution in [0.3, 0.4) is 0 Å². The van der Waals surface area contributed by atoms with Gasteiger partial charge in [0.25, 0.3) is 0 Å². The molecule has 10 heteroatoms. The van der Waals surface area contributed by atoms with Crippen LogP contribution in [-0.4, -0.2) is 69.5 Å². The molecule has 0 saturated carbocycles. The summed E-state index contributed by atoms with van der Waals surface area (Å²) in [4.78, 5) is 12.1. The summed E-state index contributed by atoms with van der Waals surface area (Å²) < 4.78 is 21.5. The van der Waals surface area contributed by atoms with E-state index in [9.17, 15) is 30.3 Å². The lowest BCUT2D eigenvalue weighted by Crippen LogP contribution is -2.60. The van der Waals surface area contributed by atoms with E-state index in [-0.39, 0.29) is 16.7 Å². The number of fused-ring (bicyclic) bond motifs is 1. The normalized spacial score (nSPS) is 26.4. The quantitative estimate of drug-likeness (QED) is 0.222. The maximum absolute atomic E-state index is 12.1. The van der Waals surface area contributed by atoms with Gasteiger partial charge < -0.3 is 44.2 Å². The molecule has 1 saturated heterocycles. The van der Waals surface area contributed by atoms with Gasteiger partial charge in [0.1, 0.15) is 35.7 Å². The average molecular weight is 438 g/mol. The van der Waals surface area contributed by atoms with Crippen molar-refractivity contribution < 1.29 is 44.2 Å². The number of hydrogen-bond donors (Lipinski definition) is 5. The number of ether oxygens (including phenoxy) is 3. The first-order valence-electron chi connectivity index (χ1n) is 9.92. The Balaban J connectivity index is 1.87. The van der Waals surface area contributed by atoms with Gasteiger partial charge in [-0.1, -0.05) is 19.1 Å². The van der Waals surface area contributed by atoms with Crippen molar-refractivity contribution in [3.05, 3.63) is 40.8 Å². The highest BCUT2D eigenvalue weighted by molar-refractivity contribution is 5.86. The molecular formula is C21H26O10. The number of benzene rings is 1. The maximum atomic E-state index is 12.1. The first-order valence-corrected chi connectivity index (χ1v) is 9.92. The van der Waals surface area contributed by atoms with Crippen LogP contribution in [0, 0.1) is 0 Å². The third-order valence-corrected chi connectivity index (χ3v) is 4.85. The number of aromatic hydroxyl groups is 1. The summed E-state index contributed by atoms with van der Waals surface area (Å²) in [6.07, 6.45) is -2.09. The van der Waals surface area contributed by atoms with E-state index in [1.54, 1.807) is 6.07 Å². The summed E-state index contributed by atoms with van der Waals surface area (Å²) in [5, 5.41) is 49.6. The topological polar surface area (TPSA) is 159 Å². The van der Waals surface area contributed by atoms with Crippen LogP contribution in [0.2, 0.25) is 0 Å². The van der Waals surface area contributed by atoms with E-state index < -0.39 is 48.7 Å². The molecule has 31 heavy (non-hydrogen) atoms. The number of aliphatic hydroxyl groups is 4. The molecule has 5 atom stereocenters. The molecule has 0 bridgehead atoms. The van der Waals surface area contributed by atoms with Gasteiger partial charge in [-0.25, -0.2) is 4.79 Å². The van der Waals surface area contributed by atoms with E-state index >= 15 is 0 Å². The lowest BCUT2D eigenvalue weighted by atomic mass is 9.99. The molecule has 1 fully saturated rings. The fourth-order valence-electron chi connectivity index (χ4n) is 3.16. The largest absolute Gasteiger partial charge is 0.499 e. The highest BCUT2D eigenvalue weighted by Gasteiger charge is 2.45. The Labute approximate surface area is 177 Å². The van der Waals surface area contributed by atoms with Crippen LogP contribution in [-0.2, 0) is 4.74 Å². The molecule has 2 aromatic rings. The molecule has 2 heterocycles. The molecule has 3 rings (SSSR count). The predicted octanol–water partition coefficient (Wildman–Crippen LogP) is 0.412. The molecule has 0 amide bonds. The van der Waals surface area contributed by atoms with E-state index in [2.05, 4.69) is 0 Å². The Morgan fingerprint density at radius 2 is 1.90 bits per heavy atom. The summed E-state index contributed by atoms with van der Waals surface area (Å²) in [7, 11) is 0. The molecule has 1 aliphatic rings. The van der Waals surface area contributed by atoms with Crippen LogP contribution < -0.4 is 15.1 Å². The standard InChI is InChI=1S/C21H26O10/c1-2-3-4-5-8-28-11-6-7-12-13(9-11)29-20(27)18(26)19(12)31-21-17(25)16(24)15(23)14(10-22)30-21/h3-4,6-7,9,14-17,21-26H,2,5,8,10H2,1H3/t14-,15+,16+,17-,21+/m1/s1. The van der Waals surface area contributed by atoms with Crippen LogP contribution in [0.4, 0.5) is 0 Å². The molecule has 0 radical (unpaired) electrons. The van der Waals surface area contributed by atoms with Gasteiger partial charge in [-0.15, -0.1) is 0 Å². The Morgan fingerprint density at radius 3 is 2.61 bits per heavy atom. The highest BCUT2D eigenvalue weighted by Crippen LogP contribution is 2.36. The van der Waals surface area contributed by atoms with E-state index in [1.165, 1.54) is 12.1 Å². The molecule has 0 spiro atoms. The Hall–Kier alpha value is -2.63. The van der Waals surface area contributed by atoms with E-state index in [0.29, 0.717) is 18.8 Å². The van der Waals surface area contributed by atoms with Gasteiger partial charge in [-0.2, -0.15) is 0 Å². The second-order valence-corrected chi connectivity index (χ2v) is 7.06. The zero-order valence-corrected chi connectivity index (χ0v) is 16.9. The maximum Gasteiger partial charge on any atom is 0.382 e. The minimum absolute atomic E-state index is 0.0593. The smallest absolute Gasteiger partial charge is 0.382 e. The van der Waals surface area contributed by atoms with Crippen LogP contribution in [0.15, 0.2) is 39.6 Å². The molecule has 10 nitrogen and oxygen atoms in total. The molecule has 5 N–H and O–H groups in total. The van der Waals surface area contributed by atoms with Gasteiger partial charge in [0.2, 0.25) is 12.0 Å². The molecule has 0 aliphatic carbocycles. The van der Waals surface area contributed by atoms with Gasteiger partial charge >= 0.3 is 5.63 Å². The Kier molecular flexibility index (Phi) is 7.52. The van der Waals surface area contributed by atoms with Crippen molar-refractivity contribution in [1.82, 2.24) is 0 Å². The lowest BCUT2D eigenvalue weighted by molar-refractivity contribution is -0.277. The number of hydrogen-bond acceptors (Lipinski definition) is 10. The molecule has 170 valence electrons. The third-order valence-electron chi connectivity index (χ3n) is 4.85. The summed E-state index contributed by atoms with van der Waals surface area (Å²) in [5.74, 6) is -0.763. The van der Waals surface area contributed by atoms with Gasteiger partial charge in [0, 0.05) is 6.07 Å². The summed E-state index contributed by atoms with van der Waals surface area (Å²) in [5.41, 5.74) is -1.03. The Morgan fingerprint density at radius 1 is 1.13 bits per heavy atom. The van der Waals surface area contributed by atoms with Crippen LogP contribution in [0.25, 0.3) is 11.0 Å². The fraction of sp³-hybridized carbons (Fsp3) is 0.476. The van der Waals surface area contributed by atoms with E-state index in [1.807, 2.05) is 19.1 Å². The van der Waals surface area contributed by atoms with Crippen molar-refractivity contribution >= 4 is 11.0 Å². The molecule has 1 aromatic heterocycles. The van der Waals surface area contributed by atoms with Gasteiger partial charge in [-0.05, 0) is 25.0 Å². The van der Waals surface area contributed by atoms with Crippen LogP contribution in [0.1, 0.15) is 19.8 Å². The zero-order valence-electron chi connectivity index (χ0n) is 16.9. The van der Waals surface area contributed by atoms with Gasteiger partial charge in [0.05, 0.1) is 18.6 Å². The lowest BCUT2D eigenvalue weighted by Gasteiger charge is -2.39. The number of aliphatic hydroxyl groups excluding tert-OH is 4. The highest BCUT2D eigenvalue weighted by atomic mass is 16.7. The third kappa shape index (κ3) is 5.00. The monoisotopic (exact) mass is 438 g/mol. The molecule has 1 aliphatic heterocycles. The molecule has 0 unspecified atom stereocenters. The first-order chi connectivity index (χ1) is 14.9. The summed E-state index contributed by atoms with van der Waals surface area (Å²) in [6.45, 7) is 1.79. The number of rotatable bonds is 8. The van der Waals surface area contributed by atoms with Gasteiger partial charge in [0.15, 0.2) is 5.75 Å².